The first-order valence-electron chi connectivity index (χ1n) is 6.35. The molecule has 0 fully saturated rings. The molecule has 0 bridgehead atoms. The summed E-state index contributed by atoms with van der Waals surface area (Å²) in [4.78, 5) is 0.322. The van der Waals surface area contributed by atoms with Gasteiger partial charge >= 0.3 is 0 Å². The van der Waals surface area contributed by atoms with Gasteiger partial charge in [0.2, 0.25) is 0 Å². The number of hydrogen-bond acceptors (Lipinski definition) is 3. The smallest absolute Gasteiger partial charge is 0.133 e. The third-order valence-electron chi connectivity index (χ3n) is 2.95. The summed E-state index contributed by atoms with van der Waals surface area (Å²) in [6.07, 6.45) is 0.828. The standard InChI is InChI=1S/C16H17NO2S/c1-18-13-7-8-14(16(17)20)15(11-13)19-10-9-12-5-3-2-4-6-12/h2-8,11H,9-10H2,1H3,(H2,17,20). The fourth-order valence-corrected chi connectivity index (χ4v) is 2.04. The molecule has 0 amide bonds. The van der Waals surface area contributed by atoms with E-state index >= 15 is 0 Å². The highest BCUT2D eigenvalue weighted by Crippen LogP contribution is 2.25. The lowest BCUT2D eigenvalue weighted by atomic mass is 10.1. The summed E-state index contributed by atoms with van der Waals surface area (Å²) in [5, 5.41) is 0. The molecular weight excluding hydrogens is 270 g/mol. The minimum Gasteiger partial charge on any atom is -0.497 e. The van der Waals surface area contributed by atoms with Crippen molar-refractivity contribution >= 4 is 17.2 Å². The van der Waals surface area contributed by atoms with Gasteiger partial charge in [-0.2, -0.15) is 0 Å². The molecule has 0 atom stereocenters. The van der Waals surface area contributed by atoms with E-state index in [0.717, 1.165) is 17.7 Å². The van der Waals surface area contributed by atoms with Gasteiger partial charge in [-0.25, -0.2) is 0 Å². The van der Waals surface area contributed by atoms with Crippen molar-refractivity contribution in [2.45, 2.75) is 6.42 Å². The van der Waals surface area contributed by atoms with E-state index in [2.05, 4.69) is 12.1 Å². The van der Waals surface area contributed by atoms with Crippen LogP contribution in [-0.2, 0) is 6.42 Å². The zero-order valence-electron chi connectivity index (χ0n) is 11.3. The summed E-state index contributed by atoms with van der Waals surface area (Å²) in [7, 11) is 1.61. The zero-order chi connectivity index (χ0) is 14.4. The largest absolute Gasteiger partial charge is 0.497 e. The molecule has 0 unspecified atom stereocenters. The third kappa shape index (κ3) is 3.71. The molecule has 0 aliphatic heterocycles. The van der Waals surface area contributed by atoms with Gasteiger partial charge in [0, 0.05) is 12.5 Å². The predicted octanol–water partition coefficient (Wildman–Crippen LogP) is 2.95. The Labute approximate surface area is 124 Å². The van der Waals surface area contributed by atoms with Crippen molar-refractivity contribution in [3.8, 4) is 11.5 Å². The number of benzene rings is 2. The monoisotopic (exact) mass is 287 g/mol. The van der Waals surface area contributed by atoms with Crippen LogP contribution in [0.25, 0.3) is 0 Å². The van der Waals surface area contributed by atoms with E-state index in [0.29, 0.717) is 17.3 Å². The van der Waals surface area contributed by atoms with Gasteiger partial charge in [-0.3, -0.25) is 0 Å². The molecule has 2 rings (SSSR count). The molecule has 0 heterocycles. The summed E-state index contributed by atoms with van der Waals surface area (Å²) >= 11 is 5.03. The summed E-state index contributed by atoms with van der Waals surface area (Å²) < 4.78 is 11.0. The van der Waals surface area contributed by atoms with E-state index in [-0.39, 0.29) is 0 Å². The summed E-state index contributed by atoms with van der Waals surface area (Å²) in [5.74, 6) is 1.38. The summed E-state index contributed by atoms with van der Waals surface area (Å²) in [6, 6.07) is 15.6. The van der Waals surface area contributed by atoms with Crippen LogP contribution in [0.3, 0.4) is 0 Å². The lowest BCUT2D eigenvalue weighted by Crippen LogP contribution is -2.12. The highest BCUT2D eigenvalue weighted by atomic mass is 32.1. The van der Waals surface area contributed by atoms with Crippen molar-refractivity contribution in [3.63, 3.8) is 0 Å². The second kappa shape index (κ2) is 6.91. The lowest BCUT2D eigenvalue weighted by molar-refractivity contribution is 0.318. The van der Waals surface area contributed by atoms with Crippen molar-refractivity contribution in [2.75, 3.05) is 13.7 Å². The summed E-state index contributed by atoms with van der Waals surface area (Å²) in [6.45, 7) is 0.562. The van der Waals surface area contributed by atoms with Gasteiger partial charge in [0.1, 0.15) is 16.5 Å². The number of ether oxygens (including phenoxy) is 2. The molecule has 104 valence electrons. The first-order valence-corrected chi connectivity index (χ1v) is 6.76. The number of nitrogens with two attached hydrogens (primary N) is 1. The molecule has 2 aromatic carbocycles. The molecule has 2 N–H and O–H groups in total. The maximum atomic E-state index is 5.80. The maximum absolute atomic E-state index is 5.80. The van der Waals surface area contributed by atoms with Gasteiger partial charge in [0.05, 0.1) is 19.3 Å². The molecule has 0 saturated carbocycles. The van der Waals surface area contributed by atoms with Crippen molar-refractivity contribution < 1.29 is 9.47 Å². The number of hydrogen-bond donors (Lipinski definition) is 1. The Morgan fingerprint density at radius 1 is 1.15 bits per heavy atom. The Morgan fingerprint density at radius 2 is 1.90 bits per heavy atom. The van der Waals surface area contributed by atoms with E-state index < -0.39 is 0 Å². The van der Waals surface area contributed by atoms with Crippen LogP contribution in [-0.4, -0.2) is 18.7 Å². The van der Waals surface area contributed by atoms with Crippen molar-refractivity contribution in [1.29, 1.82) is 0 Å². The number of methoxy groups -OCH3 is 1. The van der Waals surface area contributed by atoms with Crippen LogP contribution < -0.4 is 15.2 Å². The van der Waals surface area contributed by atoms with Gasteiger partial charge in [-0.05, 0) is 17.7 Å². The second-order valence-electron chi connectivity index (χ2n) is 4.31. The van der Waals surface area contributed by atoms with Crippen LogP contribution in [0.4, 0.5) is 0 Å². The van der Waals surface area contributed by atoms with Gasteiger partial charge in [0.25, 0.3) is 0 Å². The third-order valence-corrected chi connectivity index (χ3v) is 3.17. The second-order valence-corrected chi connectivity index (χ2v) is 4.75. The molecule has 0 saturated heterocycles. The van der Waals surface area contributed by atoms with Crippen molar-refractivity contribution in [2.24, 2.45) is 5.73 Å². The Hall–Kier alpha value is -2.07. The van der Waals surface area contributed by atoms with Crippen LogP contribution in [0, 0.1) is 0 Å². The van der Waals surface area contributed by atoms with Crippen LogP contribution in [0.2, 0.25) is 0 Å². The van der Waals surface area contributed by atoms with Crippen LogP contribution in [0.5, 0.6) is 11.5 Å². The van der Waals surface area contributed by atoms with E-state index in [1.165, 1.54) is 5.56 Å². The molecule has 0 spiro atoms. The fourth-order valence-electron chi connectivity index (χ4n) is 1.88. The van der Waals surface area contributed by atoms with Crippen molar-refractivity contribution in [1.82, 2.24) is 0 Å². The Morgan fingerprint density at radius 3 is 2.55 bits per heavy atom. The number of rotatable bonds is 6. The quantitative estimate of drug-likeness (QED) is 0.830. The predicted molar refractivity (Wildman–Crippen MR) is 84.5 cm³/mol. The average molecular weight is 287 g/mol. The van der Waals surface area contributed by atoms with E-state index in [9.17, 15) is 0 Å². The normalized spacial score (nSPS) is 10.1. The van der Waals surface area contributed by atoms with E-state index in [4.69, 9.17) is 27.4 Å². The molecule has 2 aromatic rings. The van der Waals surface area contributed by atoms with Gasteiger partial charge in [-0.15, -0.1) is 0 Å². The van der Waals surface area contributed by atoms with Gasteiger partial charge in [0.15, 0.2) is 0 Å². The first kappa shape index (κ1) is 14.3. The lowest BCUT2D eigenvalue weighted by Gasteiger charge is -2.12. The average Bonchev–Trinajstić information content (AvgIpc) is 2.48. The molecule has 0 aliphatic rings. The Kier molecular flexibility index (Phi) is 4.96. The van der Waals surface area contributed by atoms with E-state index in [1.54, 1.807) is 13.2 Å². The first-order chi connectivity index (χ1) is 9.70. The molecule has 20 heavy (non-hydrogen) atoms. The fraction of sp³-hybridized carbons (Fsp3) is 0.188. The Balaban J connectivity index is 2.06. The van der Waals surface area contributed by atoms with Crippen LogP contribution >= 0.6 is 12.2 Å². The highest BCUT2D eigenvalue weighted by Gasteiger charge is 2.08. The topological polar surface area (TPSA) is 44.5 Å². The minimum absolute atomic E-state index is 0.322. The van der Waals surface area contributed by atoms with Crippen LogP contribution in [0.15, 0.2) is 48.5 Å². The molecule has 3 nitrogen and oxygen atoms in total. The zero-order valence-corrected chi connectivity index (χ0v) is 12.2. The van der Waals surface area contributed by atoms with E-state index in [1.807, 2.05) is 30.3 Å². The minimum atomic E-state index is 0.322. The molecule has 0 aliphatic carbocycles. The molecule has 0 radical (unpaired) electrons. The SMILES string of the molecule is COc1ccc(C(N)=S)c(OCCc2ccccc2)c1. The number of thiocarbonyl (C=S) groups is 1. The molecule has 4 heteroatoms. The van der Waals surface area contributed by atoms with Crippen LogP contribution in [0.1, 0.15) is 11.1 Å². The highest BCUT2D eigenvalue weighted by molar-refractivity contribution is 7.80. The molecular formula is C16H17NO2S. The Bertz CT molecular complexity index is 584. The maximum Gasteiger partial charge on any atom is 0.133 e. The summed E-state index contributed by atoms with van der Waals surface area (Å²) in [5.41, 5.74) is 7.66. The van der Waals surface area contributed by atoms with Crippen molar-refractivity contribution in [3.05, 3.63) is 59.7 Å². The molecule has 0 aromatic heterocycles. The van der Waals surface area contributed by atoms with Gasteiger partial charge < -0.3 is 15.2 Å². The van der Waals surface area contributed by atoms with Gasteiger partial charge in [-0.1, -0.05) is 42.5 Å².